The number of nitrogens with zero attached hydrogens (tertiary/aromatic N) is 2. The van der Waals surface area contributed by atoms with E-state index >= 15 is 0 Å². The molecule has 136 valence electrons. The summed E-state index contributed by atoms with van der Waals surface area (Å²) in [4.78, 5) is 20.1. The van der Waals surface area contributed by atoms with Crippen LogP contribution < -0.4 is 10.9 Å². The molecule has 0 amide bonds. The zero-order valence-electron chi connectivity index (χ0n) is 15.0. The van der Waals surface area contributed by atoms with Crippen LogP contribution in [0.2, 0.25) is 0 Å². The van der Waals surface area contributed by atoms with E-state index in [-0.39, 0.29) is 17.4 Å². The first-order valence-corrected chi connectivity index (χ1v) is 9.92. The maximum Gasteiger partial charge on any atom is 0.264 e. The van der Waals surface area contributed by atoms with Crippen LogP contribution in [-0.4, -0.2) is 9.55 Å². The highest BCUT2D eigenvalue weighted by molar-refractivity contribution is 7.18. The van der Waals surface area contributed by atoms with Crippen LogP contribution in [0.1, 0.15) is 48.7 Å². The molecule has 26 heavy (non-hydrogen) atoms. The molecule has 0 unspecified atom stereocenters. The summed E-state index contributed by atoms with van der Waals surface area (Å²) in [5, 5.41) is 3.97. The number of anilines is 1. The van der Waals surface area contributed by atoms with Gasteiger partial charge < -0.3 is 5.32 Å². The fraction of sp³-hybridized carbons (Fsp3) is 0.400. The van der Waals surface area contributed by atoms with Gasteiger partial charge in [-0.05, 0) is 51.2 Å². The second-order valence-electron chi connectivity index (χ2n) is 7.04. The number of hydrogen-bond donors (Lipinski definition) is 1. The number of halogens is 1. The van der Waals surface area contributed by atoms with Gasteiger partial charge in [-0.2, -0.15) is 0 Å². The van der Waals surface area contributed by atoms with E-state index in [1.165, 1.54) is 22.9 Å². The zero-order valence-corrected chi connectivity index (χ0v) is 15.8. The lowest BCUT2D eigenvalue weighted by molar-refractivity contribution is 0.577. The van der Waals surface area contributed by atoms with E-state index in [1.807, 2.05) is 13.8 Å². The Morgan fingerprint density at radius 1 is 1.27 bits per heavy atom. The molecule has 0 saturated heterocycles. The summed E-state index contributed by atoms with van der Waals surface area (Å²) in [6.07, 6.45) is 4.31. The van der Waals surface area contributed by atoms with Crippen LogP contribution in [0.4, 0.5) is 10.3 Å². The van der Waals surface area contributed by atoms with E-state index in [0.29, 0.717) is 18.1 Å². The largest absolute Gasteiger partial charge is 0.351 e. The average Bonchev–Trinajstić information content (AvgIpc) is 2.99. The van der Waals surface area contributed by atoms with Gasteiger partial charge in [0.15, 0.2) is 0 Å². The molecule has 1 aliphatic rings. The van der Waals surface area contributed by atoms with Crippen molar-refractivity contribution in [3.05, 3.63) is 56.4 Å². The fourth-order valence-electron chi connectivity index (χ4n) is 3.64. The highest BCUT2D eigenvalue weighted by Gasteiger charge is 2.22. The number of fused-ring (bicyclic) bond motifs is 3. The van der Waals surface area contributed by atoms with Gasteiger partial charge in [0.1, 0.15) is 10.6 Å². The second kappa shape index (κ2) is 6.83. The maximum atomic E-state index is 13.9. The first kappa shape index (κ1) is 17.2. The number of aryl methyl sites for hydroxylation is 2. The summed E-state index contributed by atoms with van der Waals surface area (Å²) < 4.78 is 15.6. The molecule has 1 aliphatic carbocycles. The number of benzene rings is 1. The first-order chi connectivity index (χ1) is 12.6. The van der Waals surface area contributed by atoms with Crippen molar-refractivity contribution in [3.63, 3.8) is 0 Å². The van der Waals surface area contributed by atoms with Crippen molar-refractivity contribution in [2.45, 2.75) is 52.1 Å². The lowest BCUT2D eigenvalue weighted by atomic mass is 9.97. The molecule has 0 spiro atoms. The number of thiophene rings is 1. The Bertz CT molecular complexity index is 1020. The van der Waals surface area contributed by atoms with Crippen molar-refractivity contribution >= 4 is 27.5 Å². The summed E-state index contributed by atoms with van der Waals surface area (Å²) >= 11 is 1.63. The third kappa shape index (κ3) is 2.92. The van der Waals surface area contributed by atoms with Crippen molar-refractivity contribution < 1.29 is 4.39 Å². The van der Waals surface area contributed by atoms with Crippen LogP contribution in [0.25, 0.3) is 10.2 Å². The molecule has 2 aromatic heterocycles. The normalized spacial score (nSPS) is 14.0. The molecule has 0 aliphatic heterocycles. The molecule has 0 saturated carbocycles. The van der Waals surface area contributed by atoms with Gasteiger partial charge >= 0.3 is 0 Å². The summed E-state index contributed by atoms with van der Waals surface area (Å²) in [5.74, 6) is 0.255. The van der Waals surface area contributed by atoms with Gasteiger partial charge in [0.25, 0.3) is 5.56 Å². The smallest absolute Gasteiger partial charge is 0.264 e. The SMILES string of the molecule is CC(C)n1c(NCc2ccccc2F)nc2sc3c(c2c1=O)CCCC3. The van der Waals surface area contributed by atoms with Gasteiger partial charge in [-0.3, -0.25) is 9.36 Å². The van der Waals surface area contributed by atoms with Gasteiger partial charge in [-0.15, -0.1) is 11.3 Å². The maximum absolute atomic E-state index is 13.9. The molecule has 0 fully saturated rings. The quantitative estimate of drug-likeness (QED) is 0.725. The monoisotopic (exact) mass is 371 g/mol. The molecule has 3 aromatic rings. The third-order valence-corrected chi connectivity index (χ3v) is 6.12. The van der Waals surface area contributed by atoms with Crippen LogP contribution in [0, 0.1) is 5.82 Å². The number of rotatable bonds is 4. The predicted octanol–water partition coefficient (Wildman–Crippen LogP) is 4.67. The third-order valence-electron chi connectivity index (χ3n) is 4.93. The van der Waals surface area contributed by atoms with E-state index in [2.05, 4.69) is 5.32 Å². The Morgan fingerprint density at radius 3 is 2.81 bits per heavy atom. The Morgan fingerprint density at radius 2 is 2.04 bits per heavy atom. The van der Waals surface area contributed by atoms with E-state index in [4.69, 9.17) is 4.98 Å². The highest BCUT2D eigenvalue weighted by atomic mass is 32.1. The number of aromatic nitrogens is 2. The van der Waals surface area contributed by atoms with Crippen molar-refractivity contribution in [1.29, 1.82) is 0 Å². The molecular weight excluding hydrogens is 349 g/mol. The van der Waals surface area contributed by atoms with Gasteiger partial charge in [0, 0.05) is 23.0 Å². The topological polar surface area (TPSA) is 46.9 Å². The fourth-order valence-corrected chi connectivity index (χ4v) is 4.89. The summed E-state index contributed by atoms with van der Waals surface area (Å²) in [6, 6.07) is 6.63. The van der Waals surface area contributed by atoms with Gasteiger partial charge in [0.2, 0.25) is 5.95 Å². The highest BCUT2D eigenvalue weighted by Crippen LogP contribution is 2.34. The number of hydrogen-bond acceptors (Lipinski definition) is 4. The van der Waals surface area contributed by atoms with Crippen molar-refractivity contribution in [3.8, 4) is 0 Å². The second-order valence-corrected chi connectivity index (χ2v) is 8.12. The Kier molecular flexibility index (Phi) is 4.53. The standard InChI is InChI=1S/C20H22FN3OS/c1-12(2)24-19(25)17-14-8-4-6-10-16(14)26-18(17)23-20(24)22-11-13-7-3-5-9-15(13)21/h3,5,7,9,12H,4,6,8,10-11H2,1-2H3,(H,22,23). The van der Waals surface area contributed by atoms with E-state index in [1.54, 1.807) is 34.1 Å². The first-order valence-electron chi connectivity index (χ1n) is 9.10. The molecule has 4 nitrogen and oxygen atoms in total. The zero-order chi connectivity index (χ0) is 18.3. The predicted molar refractivity (Wildman–Crippen MR) is 105 cm³/mol. The lowest BCUT2D eigenvalue weighted by Crippen LogP contribution is -2.27. The minimum Gasteiger partial charge on any atom is -0.351 e. The van der Waals surface area contributed by atoms with E-state index in [9.17, 15) is 9.18 Å². The summed E-state index contributed by atoms with van der Waals surface area (Å²) in [6.45, 7) is 4.24. The Hall–Kier alpha value is -2.21. The molecule has 0 atom stereocenters. The molecule has 4 rings (SSSR count). The van der Waals surface area contributed by atoms with Gasteiger partial charge in [0.05, 0.1) is 5.39 Å². The summed E-state index contributed by atoms with van der Waals surface area (Å²) in [5.41, 5.74) is 1.77. The Labute approximate surface area is 155 Å². The van der Waals surface area contributed by atoms with E-state index in [0.717, 1.165) is 29.5 Å². The minimum atomic E-state index is -0.258. The molecular formula is C20H22FN3OS. The van der Waals surface area contributed by atoms with Crippen LogP contribution in [0.15, 0.2) is 29.1 Å². The van der Waals surface area contributed by atoms with Gasteiger partial charge in [-0.1, -0.05) is 18.2 Å². The average molecular weight is 371 g/mol. The van der Waals surface area contributed by atoms with Gasteiger partial charge in [-0.25, -0.2) is 9.37 Å². The number of nitrogens with one attached hydrogen (secondary N) is 1. The lowest BCUT2D eigenvalue weighted by Gasteiger charge is -2.17. The summed E-state index contributed by atoms with van der Waals surface area (Å²) in [7, 11) is 0. The van der Waals surface area contributed by atoms with Crippen molar-refractivity contribution in [2.24, 2.45) is 0 Å². The van der Waals surface area contributed by atoms with Crippen LogP contribution in [0.3, 0.4) is 0 Å². The van der Waals surface area contributed by atoms with Crippen LogP contribution >= 0.6 is 11.3 Å². The van der Waals surface area contributed by atoms with Crippen LogP contribution in [-0.2, 0) is 19.4 Å². The van der Waals surface area contributed by atoms with Crippen LogP contribution in [0.5, 0.6) is 0 Å². The minimum absolute atomic E-state index is 0.0143. The molecule has 1 aromatic carbocycles. The van der Waals surface area contributed by atoms with E-state index < -0.39 is 0 Å². The molecule has 0 bridgehead atoms. The molecule has 2 heterocycles. The van der Waals surface area contributed by atoms with Crippen molar-refractivity contribution in [1.82, 2.24) is 9.55 Å². The molecule has 6 heteroatoms. The molecule has 1 N–H and O–H groups in total. The van der Waals surface area contributed by atoms with Crippen molar-refractivity contribution in [2.75, 3.05) is 5.32 Å². The molecule has 0 radical (unpaired) electrons. The Balaban J connectivity index is 1.80.